The molecule has 2 heterocycles. The predicted octanol–water partition coefficient (Wildman–Crippen LogP) is 2.10. The quantitative estimate of drug-likeness (QED) is 0.872. The van der Waals surface area contributed by atoms with Gasteiger partial charge >= 0.3 is 0 Å². The molecule has 2 atom stereocenters. The van der Waals surface area contributed by atoms with E-state index in [2.05, 4.69) is 36.7 Å². The van der Waals surface area contributed by atoms with E-state index >= 15 is 0 Å². The van der Waals surface area contributed by atoms with E-state index in [0.717, 1.165) is 24.5 Å². The Hall–Kier alpha value is -1.13. The van der Waals surface area contributed by atoms with Crippen LogP contribution in [0.1, 0.15) is 39.3 Å². The second-order valence-corrected chi connectivity index (χ2v) is 5.77. The first-order valence-electron chi connectivity index (χ1n) is 6.52. The molecule has 2 rings (SSSR count). The summed E-state index contributed by atoms with van der Waals surface area (Å²) in [5, 5.41) is 0. The van der Waals surface area contributed by atoms with Gasteiger partial charge in [0, 0.05) is 30.9 Å². The molecule has 18 heavy (non-hydrogen) atoms. The lowest BCUT2D eigenvalue weighted by Gasteiger charge is -2.43. The summed E-state index contributed by atoms with van der Waals surface area (Å²) >= 11 is 0. The molecular weight excluding hydrogens is 226 g/mol. The van der Waals surface area contributed by atoms with Gasteiger partial charge < -0.3 is 15.4 Å². The van der Waals surface area contributed by atoms with Gasteiger partial charge in [0.05, 0.1) is 11.7 Å². The number of nitrogens with zero attached hydrogens (tertiary/aromatic N) is 2. The largest absolute Gasteiger partial charge is 0.369 e. The van der Waals surface area contributed by atoms with Crippen molar-refractivity contribution in [2.75, 3.05) is 18.0 Å². The highest BCUT2D eigenvalue weighted by Crippen LogP contribution is 2.28. The van der Waals surface area contributed by atoms with E-state index < -0.39 is 0 Å². The first-order chi connectivity index (χ1) is 8.39. The van der Waals surface area contributed by atoms with Crippen LogP contribution in [0.15, 0.2) is 18.3 Å². The van der Waals surface area contributed by atoms with Crippen molar-refractivity contribution in [1.29, 1.82) is 0 Å². The molecule has 0 saturated carbocycles. The number of morpholine rings is 1. The third-order valence-electron chi connectivity index (χ3n) is 3.18. The third-order valence-corrected chi connectivity index (χ3v) is 3.18. The molecule has 0 spiro atoms. The van der Waals surface area contributed by atoms with Crippen molar-refractivity contribution in [2.24, 2.45) is 5.73 Å². The number of nitrogens with two attached hydrogens (primary N) is 1. The molecule has 0 aliphatic carbocycles. The molecule has 4 nitrogen and oxygen atoms in total. The highest BCUT2D eigenvalue weighted by molar-refractivity contribution is 5.49. The maximum absolute atomic E-state index is 6.03. The van der Waals surface area contributed by atoms with E-state index in [4.69, 9.17) is 10.5 Å². The topological polar surface area (TPSA) is 51.4 Å². The number of hydrogen-bond donors (Lipinski definition) is 1. The molecule has 4 heteroatoms. The van der Waals surface area contributed by atoms with Gasteiger partial charge in [-0.15, -0.1) is 0 Å². The summed E-state index contributed by atoms with van der Waals surface area (Å²) in [5.74, 6) is 0.996. The summed E-state index contributed by atoms with van der Waals surface area (Å²) in [6.45, 7) is 10.0. The van der Waals surface area contributed by atoms with Crippen LogP contribution >= 0.6 is 0 Å². The molecule has 1 fully saturated rings. The van der Waals surface area contributed by atoms with Crippen LogP contribution < -0.4 is 10.6 Å². The van der Waals surface area contributed by atoms with Crippen molar-refractivity contribution in [3.05, 3.63) is 23.9 Å². The average molecular weight is 249 g/mol. The lowest BCUT2D eigenvalue weighted by Crippen LogP contribution is -2.52. The van der Waals surface area contributed by atoms with Crippen molar-refractivity contribution < 1.29 is 4.74 Å². The van der Waals surface area contributed by atoms with E-state index in [1.807, 2.05) is 19.2 Å². The molecule has 1 aromatic rings. The van der Waals surface area contributed by atoms with E-state index in [1.165, 1.54) is 0 Å². The van der Waals surface area contributed by atoms with Crippen LogP contribution in [0.5, 0.6) is 0 Å². The molecule has 1 unspecified atom stereocenters. The maximum atomic E-state index is 6.03. The van der Waals surface area contributed by atoms with Crippen molar-refractivity contribution in [3.63, 3.8) is 0 Å². The summed E-state index contributed by atoms with van der Waals surface area (Å²) in [5.41, 5.74) is 6.98. The fourth-order valence-corrected chi connectivity index (χ4v) is 2.64. The molecule has 2 N–H and O–H groups in total. The molecule has 1 aliphatic heterocycles. The molecule has 0 radical (unpaired) electrons. The van der Waals surface area contributed by atoms with Gasteiger partial charge in [-0.2, -0.15) is 0 Å². The van der Waals surface area contributed by atoms with Crippen LogP contribution in [0.3, 0.4) is 0 Å². The van der Waals surface area contributed by atoms with Crippen LogP contribution in [-0.2, 0) is 4.74 Å². The predicted molar refractivity (Wildman–Crippen MR) is 73.7 cm³/mol. The fraction of sp³-hybridized carbons (Fsp3) is 0.643. The molecule has 1 saturated heterocycles. The number of hydrogen-bond acceptors (Lipinski definition) is 4. The summed E-state index contributed by atoms with van der Waals surface area (Å²) in [4.78, 5) is 6.80. The Kier molecular flexibility index (Phi) is 3.59. The lowest BCUT2D eigenvalue weighted by molar-refractivity contribution is -0.0752. The molecule has 0 amide bonds. The van der Waals surface area contributed by atoms with Gasteiger partial charge in [0.25, 0.3) is 0 Å². The zero-order valence-corrected chi connectivity index (χ0v) is 11.7. The number of rotatable bonds is 2. The van der Waals surface area contributed by atoms with Crippen LogP contribution in [0.4, 0.5) is 5.82 Å². The number of pyridine rings is 1. The standard InChI is InChI=1S/C14H23N3O/c1-10-8-17(9-14(3,4)18-10)13-12(11(2)15)6-5-7-16-13/h5-7,10-11H,8-9,15H2,1-4H3/t10?,11-/m0/s1. The second kappa shape index (κ2) is 4.86. The molecule has 0 bridgehead atoms. The Morgan fingerprint density at radius 2 is 2.28 bits per heavy atom. The van der Waals surface area contributed by atoms with Crippen LogP contribution in [0, 0.1) is 0 Å². The first kappa shape index (κ1) is 13.3. The van der Waals surface area contributed by atoms with Crippen molar-refractivity contribution in [3.8, 4) is 0 Å². The third kappa shape index (κ3) is 2.82. The minimum atomic E-state index is -0.149. The monoisotopic (exact) mass is 249 g/mol. The Morgan fingerprint density at radius 1 is 1.56 bits per heavy atom. The van der Waals surface area contributed by atoms with Gasteiger partial charge in [-0.1, -0.05) is 6.07 Å². The Morgan fingerprint density at radius 3 is 2.89 bits per heavy atom. The fourth-order valence-electron chi connectivity index (χ4n) is 2.64. The minimum Gasteiger partial charge on any atom is -0.369 e. The SMILES string of the molecule is CC1CN(c2ncccc2[C@H](C)N)CC(C)(C)O1. The summed E-state index contributed by atoms with van der Waals surface area (Å²) in [7, 11) is 0. The Balaban J connectivity index is 2.31. The van der Waals surface area contributed by atoms with Gasteiger partial charge in [0.2, 0.25) is 0 Å². The Labute approximate surface area is 109 Å². The lowest BCUT2D eigenvalue weighted by atomic mass is 10.0. The van der Waals surface area contributed by atoms with Crippen LogP contribution in [0.2, 0.25) is 0 Å². The van der Waals surface area contributed by atoms with E-state index in [-0.39, 0.29) is 17.7 Å². The van der Waals surface area contributed by atoms with Gasteiger partial charge in [0.15, 0.2) is 0 Å². The van der Waals surface area contributed by atoms with Crippen molar-refractivity contribution in [1.82, 2.24) is 4.98 Å². The molecular formula is C14H23N3O. The van der Waals surface area contributed by atoms with Crippen LogP contribution in [-0.4, -0.2) is 29.8 Å². The van der Waals surface area contributed by atoms with Crippen molar-refractivity contribution in [2.45, 2.75) is 45.4 Å². The van der Waals surface area contributed by atoms with Gasteiger partial charge in [-0.25, -0.2) is 4.98 Å². The van der Waals surface area contributed by atoms with Gasteiger partial charge in [-0.05, 0) is 33.8 Å². The zero-order valence-electron chi connectivity index (χ0n) is 11.7. The van der Waals surface area contributed by atoms with Crippen LogP contribution in [0.25, 0.3) is 0 Å². The number of ether oxygens (including phenoxy) is 1. The number of anilines is 1. The van der Waals surface area contributed by atoms with E-state index in [9.17, 15) is 0 Å². The van der Waals surface area contributed by atoms with E-state index in [0.29, 0.717) is 0 Å². The number of aromatic nitrogens is 1. The van der Waals surface area contributed by atoms with Gasteiger partial charge in [0.1, 0.15) is 5.82 Å². The maximum Gasteiger partial charge on any atom is 0.133 e. The highest BCUT2D eigenvalue weighted by Gasteiger charge is 2.32. The van der Waals surface area contributed by atoms with Crippen molar-refractivity contribution >= 4 is 5.82 Å². The minimum absolute atomic E-state index is 0.00466. The molecule has 100 valence electrons. The summed E-state index contributed by atoms with van der Waals surface area (Å²) in [6, 6.07) is 3.99. The molecule has 1 aromatic heterocycles. The zero-order chi connectivity index (χ0) is 13.3. The smallest absolute Gasteiger partial charge is 0.133 e. The normalized spacial score (nSPS) is 24.9. The van der Waals surface area contributed by atoms with E-state index in [1.54, 1.807) is 0 Å². The highest BCUT2D eigenvalue weighted by atomic mass is 16.5. The first-order valence-corrected chi connectivity index (χ1v) is 6.52. The Bertz CT molecular complexity index is 417. The molecule has 0 aromatic carbocycles. The van der Waals surface area contributed by atoms with Gasteiger partial charge in [-0.3, -0.25) is 0 Å². The summed E-state index contributed by atoms with van der Waals surface area (Å²) < 4.78 is 5.93. The molecule has 1 aliphatic rings. The summed E-state index contributed by atoms with van der Waals surface area (Å²) in [6.07, 6.45) is 2.03. The average Bonchev–Trinajstić information content (AvgIpc) is 2.26. The second-order valence-electron chi connectivity index (χ2n) is 5.77.